The molecule has 0 saturated carbocycles. The van der Waals surface area contributed by atoms with Gasteiger partial charge in [-0.3, -0.25) is 0 Å². The Kier molecular flexibility index (Phi) is 5.56. The molecular weight excluding hydrogens is 326 g/mol. The molecule has 0 bridgehead atoms. The van der Waals surface area contributed by atoms with Crippen molar-refractivity contribution in [3.63, 3.8) is 0 Å². The lowest BCUT2D eigenvalue weighted by Crippen LogP contribution is -2.34. The quantitative estimate of drug-likeness (QED) is 0.596. The monoisotopic (exact) mass is 347 g/mol. The van der Waals surface area contributed by atoms with Gasteiger partial charge < -0.3 is 5.32 Å². The number of benzene rings is 1. The maximum atomic E-state index is 11.9. The van der Waals surface area contributed by atoms with Crippen LogP contribution < -0.4 is 14.8 Å². The summed E-state index contributed by atoms with van der Waals surface area (Å²) >= 11 is 0. The van der Waals surface area contributed by atoms with Gasteiger partial charge in [-0.15, -0.1) is 0 Å². The van der Waals surface area contributed by atoms with Crippen LogP contribution in [0.3, 0.4) is 0 Å². The molecule has 0 radical (unpaired) electrons. The molecular formula is C13H21N3O4S2. The number of hydrogen-bond acceptors (Lipinski definition) is 5. The van der Waals surface area contributed by atoms with Gasteiger partial charge >= 0.3 is 0 Å². The first-order chi connectivity index (χ1) is 10.3. The standard InChI is InChI=1S/C13H21N3O4S2/c1-2-21(17,18)15-5-6-22(19,20)16-8-11-3-4-12-9-14-10-13(12)7-11/h3-4,7,14-16H,2,5-6,8-10H2,1H3. The molecule has 22 heavy (non-hydrogen) atoms. The van der Waals surface area contributed by atoms with E-state index in [-0.39, 0.29) is 24.6 Å². The second-order valence-corrected chi connectivity index (χ2v) is 9.17. The third kappa shape index (κ3) is 5.03. The minimum absolute atomic E-state index is 0.0658. The van der Waals surface area contributed by atoms with Gasteiger partial charge in [0, 0.05) is 26.2 Å². The molecule has 1 aromatic rings. The Balaban J connectivity index is 1.85. The van der Waals surface area contributed by atoms with E-state index in [0.717, 1.165) is 18.7 Å². The normalized spacial score (nSPS) is 15.0. The highest BCUT2D eigenvalue weighted by molar-refractivity contribution is 7.90. The maximum Gasteiger partial charge on any atom is 0.213 e. The second kappa shape index (κ2) is 7.05. The van der Waals surface area contributed by atoms with Crippen LogP contribution in [-0.2, 0) is 39.7 Å². The van der Waals surface area contributed by atoms with Crippen LogP contribution in [0.1, 0.15) is 23.6 Å². The van der Waals surface area contributed by atoms with Crippen LogP contribution in [0.5, 0.6) is 0 Å². The van der Waals surface area contributed by atoms with E-state index < -0.39 is 20.0 Å². The first kappa shape index (κ1) is 17.4. The zero-order valence-electron chi connectivity index (χ0n) is 12.4. The molecule has 7 nitrogen and oxygen atoms in total. The molecule has 0 unspecified atom stereocenters. The zero-order valence-corrected chi connectivity index (χ0v) is 14.1. The van der Waals surface area contributed by atoms with Crippen molar-refractivity contribution < 1.29 is 16.8 Å². The molecule has 1 aliphatic heterocycles. The van der Waals surface area contributed by atoms with Crippen LogP contribution in [0, 0.1) is 0 Å². The topological polar surface area (TPSA) is 104 Å². The summed E-state index contributed by atoms with van der Waals surface area (Å²) in [6.45, 7) is 3.22. The zero-order chi connectivity index (χ0) is 16.2. The third-order valence-corrected chi connectivity index (χ3v) is 6.20. The molecule has 0 spiro atoms. The fourth-order valence-corrected chi connectivity index (χ4v) is 3.81. The van der Waals surface area contributed by atoms with Gasteiger partial charge in [0.25, 0.3) is 0 Å². The Labute approximate surface area is 131 Å². The van der Waals surface area contributed by atoms with Crippen molar-refractivity contribution in [2.75, 3.05) is 18.1 Å². The van der Waals surface area contributed by atoms with E-state index in [1.807, 2.05) is 18.2 Å². The molecule has 0 saturated heterocycles. The molecule has 0 amide bonds. The molecule has 2 rings (SSSR count). The summed E-state index contributed by atoms with van der Waals surface area (Å²) in [5.41, 5.74) is 3.31. The highest BCUT2D eigenvalue weighted by Crippen LogP contribution is 2.16. The average molecular weight is 347 g/mol. The minimum Gasteiger partial charge on any atom is -0.309 e. The Morgan fingerprint density at radius 2 is 1.77 bits per heavy atom. The Morgan fingerprint density at radius 1 is 1.05 bits per heavy atom. The van der Waals surface area contributed by atoms with Gasteiger partial charge in [0.05, 0.1) is 11.5 Å². The highest BCUT2D eigenvalue weighted by Gasteiger charge is 2.14. The molecule has 1 aromatic carbocycles. The summed E-state index contributed by atoms with van der Waals surface area (Å²) in [5.74, 6) is -0.345. The van der Waals surface area contributed by atoms with E-state index in [4.69, 9.17) is 0 Å². The van der Waals surface area contributed by atoms with Gasteiger partial charge in [0.15, 0.2) is 0 Å². The van der Waals surface area contributed by atoms with E-state index in [0.29, 0.717) is 0 Å². The number of nitrogens with one attached hydrogen (secondary N) is 3. The fourth-order valence-electron chi connectivity index (χ4n) is 2.16. The maximum absolute atomic E-state index is 11.9. The molecule has 1 aliphatic rings. The van der Waals surface area contributed by atoms with Crippen LogP contribution in [0.25, 0.3) is 0 Å². The number of hydrogen-bond donors (Lipinski definition) is 3. The van der Waals surface area contributed by atoms with E-state index in [1.165, 1.54) is 18.1 Å². The summed E-state index contributed by atoms with van der Waals surface area (Å²) in [5, 5.41) is 3.23. The van der Waals surface area contributed by atoms with Crippen molar-refractivity contribution in [1.82, 2.24) is 14.8 Å². The van der Waals surface area contributed by atoms with Crippen molar-refractivity contribution in [2.45, 2.75) is 26.6 Å². The molecule has 0 aliphatic carbocycles. The molecule has 124 valence electrons. The van der Waals surface area contributed by atoms with Gasteiger partial charge in [-0.25, -0.2) is 26.3 Å². The average Bonchev–Trinajstić information content (AvgIpc) is 2.92. The van der Waals surface area contributed by atoms with E-state index in [9.17, 15) is 16.8 Å². The predicted octanol–water partition coefficient (Wildman–Crippen LogP) is -0.351. The van der Waals surface area contributed by atoms with Crippen LogP contribution >= 0.6 is 0 Å². The molecule has 0 aromatic heterocycles. The lowest BCUT2D eigenvalue weighted by atomic mass is 10.1. The van der Waals surface area contributed by atoms with E-state index >= 15 is 0 Å². The Morgan fingerprint density at radius 3 is 2.50 bits per heavy atom. The van der Waals surface area contributed by atoms with Gasteiger partial charge in [-0.05, 0) is 23.6 Å². The van der Waals surface area contributed by atoms with E-state index in [1.54, 1.807) is 0 Å². The van der Waals surface area contributed by atoms with Gasteiger partial charge in [-0.1, -0.05) is 18.2 Å². The first-order valence-corrected chi connectivity index (χ1v) is 10.4. The van der Waals surface area contributed by atoms with Crippen LogP contribution in [0.4, 0.5) is 0 Å². The molecule has 3 N–H and O–H groups in total. The second-order valence-electron chi connectivity index (χ2n) is 5.14. The van der Waals surface area contributed by atoms with Crippen molar-refractivity contribution in [2.24, 2.45) is 0 Å². The highest BCUT2D eigenvalue weighted by atomic mass is 32.2. The Hall–Kier alpha value is -1.00. The van der Waals surface area contributed by atoms with Crippen molar-refractivity contribution >= 4 is 20.0 Å². The Bertz CT molecular complexity index is 730. The van der Waals surface area contributed by atoms with Crippen LogP contribution in [0.15, 0.2) is 18.2 Å². The summed E-state index contributed by atoms with van der Waals surface area (Å²) in [6, 6.07) is 5.88. The lowest BCUT2D eigenvalue weighted by molar-refractivity contribution is 0.575. The molecule has 1 heterocycles. The lowest BCUT2D eigenvalue weighted by Gasteiger charge is -2.09. The van der Waals surface area contributed by atoms with Crippen molar-refractivity contribution in [3.8, 4) is 0 Å². The fraction of sp³-hybridized carbons (Fsp3) is 0.538. The van der Waals surface area contributed by atoms with Gasteiger partial charge in [0.1, 0.15) is 0 Å². The van der Waals surface area contributed by atoms with Crippen LogP contribution in [-0.4, -0.2) is 34.9 Å². The largest absolute Gasteiger partial charge is 0.309 e. The number of rotatable bonds is 8. The minimum atomic E-state index is -3.52. The molecule has 0 fully saturated rings. The van der Waals surface area contributed by atoms with Crippen molar-refractivity contribution in [1.29, 1.82) is 0 Å². The first-order valence-electron chi connectivity index (χ1n) is 7.07. The van der Waals surface area contributed by atoms with Gasteiger partial charge in [0.2, 0.25) is 20.0 Å². The third-order valence-electron chi connectivity index (χ3n) is 3.47. The van der Waals surface area contributed by atoms with Crippen molar-refractivity contribution in [3.05, 3.63) is 34.9 Å². The van der Waals surface area contributed by atoms with Crippen LogP contribution in [0.2, 0.25) is 0 Å². The molecule has 9 heteroatoms. The summed E-state index contributed by atoms with van der Waals surface area (Å²) < 4.78 is 50.9. The summed E-state index contributed by atoms with van der Waals surface area (Å²) in [7, 11) is -6.88. The number of sulfonamides is 2. The SMILES string of the molecule is CCS(=O)(=O)NCCS(=O)(=O)NCc1ccc2c(c1)CNC2. The smallest absolute Gasteiger partial charge is 0.213 e. The number of fused-ring (bicyclic) bond motifs is 1. The summed E-state index contributed by atoms with van der Waals surface area (Å²) in [6.07, 6.45) is 0. The van der Waals surface area contributed by atoms with E-state index in [2.05, 4.69) is 14.8 Å². The van der Waals surface area contributed by atoms with Gasteiger partial charge in [-0.2, -0.15) is 0 Å². The molecule has 0 atom stereocenters. The predicted molar refractivity (Wildman–Crippen MR) is 85.1 cm³/mol. The summed E-state index contributed by atoms with van der Waals surface area (Å²) in [4.78, 5) is 0.